The maximum Gasteiger partial charge on any atom is 0.185 e. The lowest BCUT2D eigenvalue weighted by molar-refractivity contribution is 0.104. The molecule has 2 aromatic rings. The van der Waals surface area contributed by atoms with E-state index in [1.807, 2.05) is 0 Å². The van der Waals surface area contributed by atoms with Crippen molar-refractivity contribution in [2.45, 2.75) is 0 Å². The highest BCUT2D eigenvalue weighted by molar-refractivity contribution is 6.32. The fourth-order valence-corrected chi connectivity index (χ4v) is 1.93. The highest BCUT2D eigenvalue weighted by atomic mass is 35.5. The summed E-state index contributed by atoms with van der Waals surface area (Å²) >= 11 is 5.99. The number of halogens is 2. The van der Waals surface area contributed by atoms with E-state index >= 15 is 0 Å². The number of carbonyl (C=O) groups excluding carboxylic acids is 1. The van der Waals surface area contributed by atoms with Crippen molar-refractivity contribution in [1.29, 1.82) is 0 Å². The van der Waals surface area contributed by atoms with Crippen molar-refractivity contribution in [2.75, 3.05) is 7.11 Å². The Labute approximate surface area is 121 Å². The highest BCUT2D eigenvalue weighted by Gasteiger charge is 2.03. The molecule has 2 aromatic carbocycles. The van der Waals surface area contributed by atoms with Crippen molar-refractivity contribution >= 4 is 23.5 Å². The van der Waals surface area contributed by atoms with Crippen molar-refractivity contribution in [3.05, 3.63) is 70.5 Å². The molecule has 0 fully saturated rings. The maximum absolute atomic E-state index is 12.8. The summed E-state index contributed by atoms with van der Waals surface area (Å²) in [7, 11) is 1.54. The predicted molar refractivity (Wildman–Crippen MR) is 77.8 cm³/mol. The molecule has 0 amide bonds. The van der Waals surface area contributed by atoms with Gasteiger partial charge in [0.15, 0.2) is 5.78 Å². The summed E-state index contributed by atoms with van der Waals surface area (Å²) in [4.78, 5) is 11.9. The zero-order valence-corrected chi connectivity index (χ0v) is 11.5. The van der Waals surface area contributed by atoms with Gasteiger partial charge in [0.2, 0.25) is 0 Å². The Morgan fingerprint density at radius 2 is 1.90 bits per heavy atom. The summed E-state index contributed by atoms with van der Waals surface area (Å²) in [6.45, 7) is 0. The van der Waals surface area contributed by atoms with Crippen LogP contribution >= 0.6 is 11.6 Å². The average molecular weight is 291 g/mol. The van der Waals surface area contributed by atoms with Crippen LogP contribution in [0.15, 0.2) is 48.5 Å². The van der Waals surface area contributed by atoms with Gasteiger partial charge in [-0.2, -0.15) is 0 Å². The number of ketones is 1. The van der Waals surface area contributed by atoms with E-state index in [4.69, 9.17) is 16.3 Å². The molecule has 0 unspecified atom stereocenters. The van der Waals surface area contributed by atoms with E-state index in [0.29, 0.717) is 16.3 Å². The predicted octanol–water partition coefficient (Wildman–Crippen LogP) is 4.38. The van der Waals surface area contributed by atoms with Crippen LogP contribution in [0.25, 0.3) is 6.08 Å². The van der Waals surface area contributed by atoms with Crippen molar-refractivity contribution < 1.29 is 13.9 Å². The number of methoxy groups -OCH3 is 1. The van der Waals surface area contributed by atoms with E-state index in [1.54, 1.807) is 24.3 Å². The Morgan fingerprint density at radius 1 is 1.20 bits per heavy atom. The Morgan fingerprint density at radius 3 is 2.50 bits per heavy atom. The summed E-state index contributed by atoms with van der Waals surface area (Å²) in [6, 6.07) is 10.6. The van der Waals surface area contributed by atoms with Crippen LogP contribution in [0.5, 0.6) is 5.75 Å². The van der Waals surface area contributed by atoms with Crippen LogP contribution in [0.2, 0.25) is 5.02 Å². The first-order valence-corrected chi connectivity index (χ1v) is 6.29. The maximum atomic E-state index is 12.8. The number of rotatable bonds is 4. The SMILES string of the molecule is COc1ccc(/C=C/C(=O)c2ccc(F)cc2)cc1Cl. The van der Waals surface area contributed by atoms with Gasteiger partial charge < -0.3 is 4.74 Å². The average Bonchev–Trinajstić information content (AvgIpc) is 2.45. The zero-order valence-electron chi connectivity index (χ0n) is 10.8. The molecule has 4 heteroatoms. The number of ether oxygens (including phenoxy) is 1. The molecule has 0 aromatic heterocycles. The first-order chi connectivity index (χ1) is 9.60. The van der Waals surface area contributed by atoms with Gasteiger partial charge in [0.25, 0.3) is 0 Å². The van der Waals surface area contributed by atoms with E-state index in [1.165, 1.54) is 37.5 Å². The second-order valence-corrected chi connectivity index (χ2v) is 4.51. The van der Waals surface area contributed by atoms with Crippen LogP contribution in [0.3, 0.4) is 0 Å². The standard InChI is InChI=1S/C16H12ClFO2/c1-20-16-9-3-11(10-14(16)17)2-8-15(19)12-4-6-13(18)7-5-12/h2-10H,1H3/b8-2+. The normalized spacial score (nSPS) is 10.8. The third-order valence-corrected chi connectivity index (χ3v) is 3.03. The highest BCUT2D eigenvalue weighted by Crippen LogP contribution is 2.25. The third-order valence-electron chi connectivity index (χ3n) is 2.73. The number of benzene rings is 2. The second-order valence-electron chi connectivity index (χ2n) is 4.10. The molecule has 0 N–H and O–H groups in total. The van der Waals surface area contributed by atoms with Crippen LogP contribution in [-0.4, -0.2) is 12.9 Å². The number of allylic oxidation sites excluding steroid dienone is 1. The van der Waals surface area contributed by atoms with Crippen molar-refractivity contribution in [2.24, 2.45) is 0 Å². The topological polar surface area (TPSA) is 26.3 Å². The largest absolute Gasteiger partial charge is 0.495 e. The molecule has 2 rings (SSSR count). The molecule has 0 aliphatic heterocycles. The summed E-state index contributed by atoms with van der Waals surface area (Å²) in [5, 5.41) is 0.476. The van der Waals surface area contributed by atoms with Crippen LogP contribution in [-0.2, 0) is 0 Å². The molecule has 2 nitrogen and oxygen atoms in total. The van der Waals surface area contributed by atoms with Crippen LogP contribution in [0.4, 0.5) is 4.39 Å². The van der Waals surface area contributed by atoms with Crippen LogP contribution in [0, 0.1) is 5.82 Å². The lowest BCUT2D eigenvalue weighted by Crippen LogP contribution is -1.93. The number of carbonyl (C=O) groups is 1. The monoisotopic (exact) mass is 290 g/mol. The Balaban J connectivity index is 2.14. The smallest absolute Gasteiger partial charge is 0.185 e. The number of hydrogen-bond donors (Lipinski definition) is 0. The van der Waals surface area contributed by atoms with E-state index in [-0.39, 0.29) is 11.6 Å². The van der Waals surface area contributed by atoms with E-state index < -0.39 is 0 Å². The van der Waals surface area contributed by atoms with Crippen molar-refractivity contribution in [1.82, 2.24) is 0 Å². The van der Waals surface area contributed by atoms with Gasteiger partial charge in [0, 0.05) is 5.56 Å². The lowest BCUT2D eigenvalue weighted by Gasteiger charge is -2.03. The summed E-state index contributed by atoms with van der Waals surface area (Å²) in [6.07, 6.45) is 3.07. The van der Waals surface area contributed by atoms with Gasteiger partial charge in [-0.25, -0.2) is 4.39 Å². The first kappa shape index (κ1) is 14.3. The Bertz CT molecular complexity index is 648. The van der Waals surface area contributed by atoms with Gasteiger partial charge in [0.05, 0.1) is 12.1 Å². The van der Waals surface area contributed by atoms with Gasteiger partial charge in [-0.3, -0.25) is 4.79 Å². The first-order valence-electron chi connectivity index (χ1n) is 5.91. The van der Waals surface area contributed by atoms with Gasteiger partial charge >= 0.3 is 0 Å². The Kier molecular flexibility index (Phi) is 4.53. The molecule has 0 radical (unpaired) electrons. The van der Waals surface area contributed by atoms with Gasteiger partial charge in [-0.15, -0.1) is 0 Å². The van der Waals surface area contributed by atoms with Gasteiger partial charge in [-0.1, -0.05) is 23.7 Å². The molecule has 0 heterocycles. The molecule has 0 spiro atoms. The zero-order chi connectivity index (χ0) is 14.5. The molecule has 0 saturated carbocycles. The molecule has 20 heavy (non-hydrogen) atoms. The molecule has 102 valence electrons. The van der Waals surface area contributed by atoms with Crippen molar-refractivity contribution in [3.8, 4) is 5.75 Å². The third kappa shape index (κ3) is 3.45. The minimum atomic E-state index is -0.368. The molecule has 0 saturated heterocycles. The van der Waals surface area contributed by atoms with Crippen molar-refractivity contribution in [3.63, 3.8) is 0 Å². The second kappa shape index (κ2) is 6.35. The van der Waals surface area contributed by atoms with Crippen LogP contribution < -0.4 is 4.74 Å². The summed E-state index contributed by atoms with van der Waals surface area (Å²) in [5.41, 5.74) is 1.22. The minimum Gasteiger partial charge on any atom is -0.495 e. The number of hydrogen-bond acceptors (Lipinski definition) is 2. The fourth-order valence-electron chi connectivity index (χ4n) is 1.67. The molecule has 0 atom stereocenters. The van der Waals surface area contributed by atoms with Crippen LogP contribution in [0.1, 0.15) is 15.9 Å². The lowest BCUT2D eigenvalue weighted by atomic mass is 10.1. The fraction of sp³-hybridized carbons (Fsp3) is 0.0625. The van der Waals surface area contributed by atoms with E-state index in [9.17, 15) is 9.18 Å². The van der Waals surface area contributed by atoms with E-state index in [2.05, 4.69) is 0 Å². The van der Waals surface area contributed by atoms with Gasteiger partial charge in [0.1, 0.15) is 11.6 Å². The molecule has 0 aliphatic rings. The molecular weight excluding hydrogens is 279 g/mol. The molecule has 0 aliphatic carbocycles. The summed E-state index contributed by atoms with van der Waals surface area (Å²) < 4.78 is 17.8. The Hall–Kier alpha value is -2.13. The van der Waals surface area contributed by atoms with Gasteiger partial charge in [-0.05, 0) is 48.0 Å². The molecule has 0 bridgehead atoms. The minimum absolute atomic E-state index is 0.197. The quantitative estimate of drug-likeness (QED) is 0.617. The molecular formula is C16H12ClFO2. The summed E-state index contributed by atoms with van der Waals surface area (Å²) in [5.74, 6) is 0.0121. The van der Waals surface area contributed by atoms with E-state index in [0.717, 1.165) is 5.56 Å².